The van der Waals surface area contributed by atoms with E-state index in [1.807, 2.05) is 0 Å². The number of halogens is 1. The van der Waals surface area contributed by atoms with Crippen molar-refractivity contribution in [3.63, 3.8) is 0 Å². The first-order chi connectivity index (χ1) is 9.65. The van der Waals surface area contributed by atoms with Crippen LogP contribution in [-0.2, 0) is 0 Å². The smallest absolute Gasteiger partial charge is 0.349 e. The highest BCUT2D eigenvalue weighted by atomic mass is 19.1. The van der Waals surface area contributed by atoms with Crippen LogP contribution < -0.4 is 10.9 Å². The molecule has 1 N–H and O–H groups in total. The van der Waals surface area contributed by atoms with Crippen LogP contribution in [0, 0.1) is 5.82 Å². The molecule has 1 aromatic heterocycles. The summed E-state index contributed by atoms with van der Waals surface area (Å²) in [6.07, 6.45) is 4.03. The van der Waals surface area contributed by atoms with Gasteiger partial charge in [-0.3, -0.25) is 4.79 Å². The SMILES string of the molecule is O=C(NC1CCCC1)c1cc2cccc(F)c2oc1=O. The molecule has 3 rings (SSSR count). The number of hydrogen-bond donors (Lipinski definition) is 1. The first-order valence-electron chi connectivity index (χ1n) is 6.68. The monoisotopic (exact) mass is 275 g/mol. The average Bonchev–Trinajstić information content (AvgIpc) is 2.92. The topological polar surface area (TPSA) is 59.3 Å². The Morgan fingerprint density at radius 2 is 2.05 bits per heavy atom. The molecule has 2 aromatic rings. The third-order valence-corrected chi connectivity index (χ3v) is 3.65. The van der Waals surface area contributed by atoms with Crippen molar-refractivity contribution in [1.82, 2.24) is 5.32 Å². The fraction of sp³-hybridized carbons (Fsp3) is 0.333. The summed E-state index contributed by atoms with van der Waals surface area (Å²) in [6.45, 7) is 0. The summed E-state index contributed by atoms with van der Waals surface area (Å²) in [4.78, 5) is 23.9. The lowest BCUT2D eigenvalue weighted by Gasteiger charge is -2.11. The highest BCUT2D eigenvalue weighted by Gasteiger charge is 2.21. The Balaban J connectivity index is 1.96. The number of benzene rings is 1. The fourth-order valence-corrected chi connectivity index (χ4v) is 2.60. The van der Waals surface area contributed by atoms with Crippen molar-refractivity contribution in [2.75, 3.05) is 0 Å². The Bertz CT molecular complexity index is 717. The van der Waals surface area contributed by atoms with Gasteiger partial charge in [-0.25, -0.2) is 9.18 Å². The molecule has 0 atom stereocenters. The molecule has 0 saturated heterocycles. The van der Waals surface area contributed by atoms with E-state index in [1.165, 1.54) is 18.2 Å². The molecule has 104 valence electrons. The maximum absolute atomic E-state index is 13.5. The van der Waals surface area contributed by atoms with Gasteiger partial charge in [-0.2, -0.15) is 0 Å². The van der Waals surface area contributed by atoms with Gasteiger partial charge in [0, 0.05) is 11.4 Å². The summed E-state index contributed by atoms with van der Waals surface area (Å²) in [7, 11) is 0. The first kappa shape index (κ1) is 12.8. The Morgan fingerprint density at radius 1 is 1.30 bits per heavy atom. The second-order valence-corrected chi connectivity index (χ2v) is 5.06. The zero-order chi connectivity index (χ0) is 14.1. The van der Waals surface area contributed by atoms with Gasteiger partial charge in [-0.05, 0) is 25.0 Å². The van der Waals surface area contributed by atoms with Gasteiger partial charge in [-0.1, -0.05) is 25.0 Å². The van der Waals surface area contributed by atoms with Gasteiger partial charge in [0.2, 0.25) is 0 Å². The van der Waals surface area contributed by atoms with Crippen molar-refractivity contribution in [2.45, 2.75) is 31.7 Å². The molecule has 1 aromatic carbocycles. The molecule has 1 aliphatic carbocycles. The van der Waals surface area contributed by atoms with Gasteiger partial charge in [-0.15, -0.1) is 0 Å². The fourth-order valence-electron chi connectivity index (χ4n) is 2.60. The lowest BCUT2D eigenvalue weighted by atomic mass is 10.1. The van der Waals surface area contributed by atoms with Crippen molar-refractivity contribution in [3.8, 4) is 0 Å². The van der Waals surface area contributed by atoms with E-state index in [2.05, 4.69) is 5.32 Å². The maximum atomic E-state index is 13.5. The minimum absolute atomic E-state index is 0.0741. The number of carbonyl (C=O) groups excluding carboxylic acids is 1. The normalized spacial score (nSPS) is 15.7. The number of nitrogens with one attached hydrogen (secondary N) is 1. The standard InChI is InChI=1S/C15H14FNO3/c16-12-7-3-4-9-8-11(15(19)20-13(9)12)14(18)17-10-5-1-2-6-10/h3-4,7-8,10H,1-2,5-6H2,(H,17,18). The van der Waals surface area contributed by atoms with Crippen LogP contribution in [0.3, 0.4) is 0 Å². The van der Waals surface area contributed by atoms with E-state index >= 15 is 0 Å². The lowest BCUT2D eigenvalue weighted by Crippen LogP contribution is -2.35. The molecule has 1 fully saturated rings. The van der Waals surface area contributed by atoms with Crippen LogP contribution in [0.1, 0.15) is 36.0 Å². The second kappa shape index (κ2) is 5.07. The van der Waals surface area contributed by atoms with E-state index in [1.54, 1.807) is 6.07 Å². The predicted octanol–water partition coefficient (Wildman–Crippen LogP) is 2.60. The lowest BCUT2D eigenvalue weighted by molar-refractivity contribution is 0.0934. The van der Waals surface area contributed by atoms with Gasteiger partial charge in [0.1, 0.15) is 5.56 Å². The number of fused-ring (bicyclic) bond motifs is 1. The molecule has 0 unspecified atom stereocenters. The number of hydrogen-bond acceptors (Lipinski definition) is 3. The van der Waals surface area contributed by atoms with Crippen LogP contribution in [-0.4, -0.2) is 11.9 Å². The number of amides is 1. The van der Waals surface area contributed by atoms with Crippen molar-refractivity contribution in [2.24, 2.45) is 0 Å². The summed E-state index contributed by atoms with van der Waals surface area (Å²) in [6, 6.07) is 5.83. The summed E-state index contributed by atoms with van der Waals surface area (Å²) < 4.78 is 18.4. The van der Waals surface area contributed by atoms with Gasteiger partial charge >= 0.3 is 5.63 Å². The third kappa shape index (κ3) is 2.31. The zero-order valence-corrected chi connectivity index (χ0v) is 10.8. The summed E-state index contributed by atoms with van der Waals surface area (Å²) in [5, 5.41) is 3.23. The Kier molecular flexibility index (Phi) is 3.26. The quantitative estimate of drug-likeness (QED) is 0.857. The van der Waals surface area contributed by atoms with Crippen LogP contribution in [0.15, 0.2) is 33.5 Å². The number of para-hydroxylation sites is 1. The van der Waals surface area contributed by atoms with E-state index in [0.29, 0.717) is 5.39 Å². The highest BCUT2D eigenvalue weighted by molar-refractivity contribution is 5.96. The molecule has 4 nitrogen and oxygen atoms in total. The molecular formula is C15H14FNO3. The van der Waals surface area contributed by atoms with Crippen molar-refractivity contribution < 1.29 is 13.6 Å². The zero-order valence-electron chi connectivity index (χ0n) is 10.8. The van der Waals surface area contributed by atoms with Crippen LogP contribution >= 0.6 is 0 Å². The molecule has 0 aliphatic heterocycles. The summed E-state index contributed by atoms with van der Waals surface area (Å²) >= 11 is 0. The van der Waals surface area contributed by atoms with E-state index in [9.17, 15) is 14.0 Å². The average molecular weight is 275 g/mol. The maximum Gasteiger partial charge on any atom is 0.349 e. The minimum atomic E-state index is -0.807. The summed E-state index contributed by atoms with van der Waals surface area (Å²) in [5.41, 5.74) is -0.997. The molecular weight excluding hydrogens is 261 g/mol. The first-order valence-corrected chi connectivity index (χ1v) is 6.68. The van der Waals surface area contributed by atoms with Crippen LogP contribution in [0.4, 0.5) is 4.39 Å². The van der Waals surface area contributed by atoms with Gasteiger partial charge in [0.15, 0.2) is 11.4 Å². The van der Waals surface area contributed by atoms with E-state index in [-0.39, 0.29) is 17.2 Å². The summed E-state index contributed by atoms with van der Waals surface area (Å²) in [5.74, 6) is -1.06. The molecule has 1 saturated carbocycles. The third-order valence-electron chi connectivity index (χ3n) is 3.65. The molecule has 5 heteroatoms. The molecule has 1 heterocycles. The van der Waals surface area contributed by atoms with E-state index in [4.69, 9.17) is 4.42 Å². The van der Waals surface area contributed by atoms with Gasteiger partial charge in [0.25, 0.3) is 5.91 Å². The highest BCUT2D eigenvalue weighted by Crippen LogP contribution is 2.19. The number of rotatable bonds is 2. The Morgan fingerprint density at radius 3 is 2.80 bits per heavy atom. The molecule has 1 amide bonds. The molecule has 0 radical (unpaired) electrons. The Labute approximate surface area is 114 Å². The molecule has 20 heavy (non-hydrogen) atoms. The molecule has 1 aliphatic rings. The largest absolute Gasteiger partial charge is 0.419 e. The predicted molar refractivity (Wildman–Crippen MR) is 72.2 cm³/mol. The molecule has 0 spiro atoms. The van der Waals surface area contributed by atoms with Gasteiger partial charge in [0.05, 0.1) is 0 Å². The van der Waals surface area contributed by atoms with E-state index in [0.717, 1.165) is 25.7 Å². The van der Waals surface area contributed by atoms with Crippen LogP contribution in [0.25, 0.3) is 11.0 Å². The second-order valence-electron chi connectivity index (χ2n) is 5.06. The van der Waals surface area contributed by atoms with Gasteiger partial charge < -0.3 is 9.73 Å². The Hall–Kier alpha value is -2.17. The van der Waals surface area contributed by atoms with E-state index < -0.39 is 17.3 Å². The van der Waals surface area contributed by atoms with Crippen molar-refractivity contribution in [3.05, 3.63) is 46.1 Å². The number of carbonyl (C=O) groups is 1. The van der Waals surface area contributed by atoms with Crippen LogP contribution in [0.5, 0.6) is 0 Å². The van der Waals surface area contributed by atoms with Crippen molar-refractivity contribution >= 4 is 16.9 Å². The minimum Gasteiger partial charge on any atom is -0.419 e. The molecule has 0 bridgehead atoms. The van der Waals surface area contributed by atoms with Crippen molar-refractivity contribution in [1.29, 1.82) is 0 Å². The van der Waals surface area contributed by atoms with Crippen LogP contribution in [0.2, 0.25) is 0 Å².